The third-order valence-electron chi connectivity index (χ3n) is 2.57. The van der Waals surface area contributed by atoms with Crippen molar-refractivity contribution in [2.24, 2.45) is 5.10 Å². The molecule has 1 aromatic carbocycles. The van der Waals surface area contributed by atoms with Crippen LogP contribution in [0.25, 0.3) is 5.57 Å². The van der Waals surface area contributed by atoms with Gasteiger partial charge in [-0.25, -0.2) is 5.43 Å². The largest absolute Gasteiger partial charge is 0.497 e. The highest BCUT2D eigenvalue weighted by molar-refractivity contribution is 5.80. The van der Waals surface area contributed by atoms with Crippen LogP contribution in [0.2, 0.25) is 0 Å². The van der Waals surface area contributed by atoms with Crippen molar-refractivity contribution in [1.82, 2.24) is 4.98 Å². The Hall–Kier alpha value is -3.07. The summed E-state index contributed by atoms with van der Waals surface area (Å²) in [6.07, 6.45) is 1.59. The van der Waals surface area contributed by atoms with Gasteiger partial charge < -0.3 is 9.15 Å². The van der Waals surface area contributed by atoms with Crippen LogP contribution in [0.1, 0.15) is 24.1 Å². The molecule has 0 fully saturated rings. The summed E-state index contributed by atoms with van der Waals surface area (Å²) in [6, 6.07) is 9.34. The zero-order valence-corrected chi connectivity index (χ0v) is 11.8. The fourth-order valence-electron chi connectivity index (χ4n) is 1.54. The Kier molecular flexibility index (Phi) is 4.36. The van der Waals surface area contributed by atoms with Crippen LogP contribution in [0.15, 0.2) is 40.4 Å². The molecule has 1 aromatic heterocycles. The molecule has 2 aromatic rings. The van der Waals surface area contributed by atoms with Gasteiger partial charge in [-0.15, -0.1) is 0 Å². The zero-order valence-electron chi connectivity index (χ0n) is 11.8. The number of hydrogen-bond acceptors (Lipinski definition) is 6. The van der Waals surface area contributed by atoms with Crippen molar-refractivity contribution in [3.8, 4) is 11.8 Å². The Morgan fingerprint density at radius 1 is 1.57 bits per heavy atom. The molecule has 0 saturated heterocycles. The van der Waals surface area contributed by atoms with Crippen molar-refractivity contribution in [2.75, 3.05) is 12.5 Å². The molecule has 0 radical (unpaired) electrons. The number of nitrogens with zero attached hydrogens (tertiary/aromatic N) is 3. The minimum atomic E-state index is 0.135. The van der Waals surface area contributed by atoms with Crippen LogP contribution >= 0.6 is 0 Å². The Labute approximate surface area is 122 Å². The topological polar surface area (TPSA) is 83.4 Å². The number of aromatic nitrogens is 1. The van der Waals surface area contributed by atoms with E-state index in [1.165, 1.54) is 0 Å². The summed E-state index contributed by atoms with van der Waals surface area (Å²) in [4.78, 5) is 4.00. The van der Waals surface area contributed by atoms with Gasteiger partial charge in [0, 0.05) is 5.57 Å². The summed E-state index contributed by atoms with van der Waals surface area (Å²) in [5.41, 5.74) is 4.28. The van der Waals surface area contributed by atoms with Gasteiger partial charge in [0.1, 0.15) is 11.8 Å². The van der Waals surface area contributed by atoms with E-state index in [0.717, 1.165) is 11.3 Å². The summed E-state index contributed by atoms with van der Waals surface area (Å²) in [5.74, 6) is 1.24. The number of benzene rings is 1. The monoisotopic (exact) mass is 282 g/mol. The van der Waals surface area contributed by atoms with Crippen molar-refractivity contribution in [2.45, 2.75) is 6.92 Å². The average molecular weight is 282 g/mol. The summed E-state index contributed by atoms with van der Waals surface area (Å²) >= 11 is 0. The molecule has 0 aliphatic heterocycles. The highest BCUT2D eigenvalue weighted by Gasteiger charge is 2.12. The normalized spacial score (nSPS) is 10.3. The summed E-state index contributed by atoms with van der Waals surface area (Å²) in [7, 11) is 1.60. The smallest absolute Gasteiger partial charge is 0.252 e. The molecule has 0 saturated carbocycles. The number of methoxy groups -OCH3 is 1. The van der Waals surface area contributed by atoms with Crippen molar-refractivity contribution in [3.05, 3.63) is 48.0 Å². The molecule has 21 heavy (non-hydrogen) atoms. The van der Waals surface area contributed by atoms with E-state index in [-0.39, 0.29) is 11.6 Å². The van der Waals surface area contributed by atoms with Gasteiger partial charge in [-0.3, -0.25) is 0 Å². The Morgan fingerprint density at radius 2 is 2.38 bits per heavy atom. The fraction of sp³-hybridized carbons (Fsp3) is 0.133. The van der Waals surface area contributed by atoms with Crippen LogP contribution in [0.4, 0.5) is 5.88 Å². The van der Waals surface area contributed by atoms with E-state index in [1.807, 2.05) is 30.3 Å². The molecule has 0 spiro atoms. The van der Waals surface area contributed by atoms with E-state index in [0.29, 0.717) is 11.5 Å². The van der Waals surface area contributed by atoms with Gasteiger partial charge >= 0.3 is 0 Å². The molecular weight excluding hydrogens is 268 g/mol. The van der Waals surface area contributed by atoms with Crippen LogP contribution in [0.3, 0.4) is 0 Å². The lowest BCUT2D eigenvalue weighted by atomic mass is 10.2. The maximum absolute atomic E-state index is 8.99. The number of nitrogens with one attached hydrogen (secondary N) is 1. The van der Waals surface area contributed by atoms with Crippen molar-refractivity contribution in [1.29, 1.82) is 5.26 Å². The second kappa shape index (κ2) is 6.39. The Morgan fingerprint density at radius 3 is 3.05 bits per heavy atom. The third-order valence-corrected chi connectivity index (χ3v) is 2.57. The molecule has 0 unspecified atom stereocenters. The van der Waals surface area contributed by atoms with Gasteiger partial charge in [0.15, 0.2) is 0 Å². The fourth-order valence-corrected chi connectivity index (χ4v) is 1.54. The summed E-state index contributed by atoms with van der Waals surface area (Å²) in [6.45, 7) is 5.46. The highest BCUT2D eigenvalue weighted by atomic mass is 16.5. The van der Waals surface area contributed by atoms with Crippen molar-refractivity contribution >= 4 is 17.7 Å². The van der Waals surface area contributed by atoms with E-state index in [2.05, 4.69) is 22.1 Å². The first-order chi connectivity index (χ1) is 10.1. The number of oxazole rings is 1. The minimum absolute atomic E-state index is 0.135. The van der Waals surface area contributed by atoms with E-state index >= 15 is 0 Å². The van der Waals surface area contributed by atoms with Crippen LogP contribution in [0.5, 0.6) is 5.75 Å². The molecule has 0 bridgehead atoms. The number of hydrogen-bond donors (Lipinski definition) is 1. The predicted molar refractivity (Wildman–Crippen MR) is 80.1 cm³/mol. The molecule has 106 valence electrons. The van der Waals surface area contributed by atoms with Gasteiger partial charge in [-0.05, 0) is 24.6 Å². The van der Waals surface area contributed by atoms with Crippen LogP contribution in [-0.2, 0) is 0 Å². The summed E-state index contributed by atoms with van der Waals surface area (Å²) in [5, 5.41) is 13.0. The van der Waals surface area contributed by atoms with E-state index in [4.69, 9.17) is 14.4 Å². The maximum atomic E-state index is 8.99. The third kappa shape index (κ3) is 3.48. The van der Waals surface area contributed by atoms with Crippen LogP contribution in [-0.4, -0.2) is 18.3 Å². The van der Waals surface area contributed by atoms with E-state index < -0.39 is 0 Å². The van der Waals surface area contributed by atoms with Gasteiger partial charge in [0.25, 0.3) is 5.88 Å². The molecule has 6 heteroatoms. The second-order valence-corrected chi connectivity index (χ2v) is 4.24. The molecule has 0 atom stereocenters. The second-order valence-electron chi connectivity index (χ2n) is 4.24. The molecule has 0 aliphatic rings. The van der Waals surface area contributed by atoms with Crippen molar-refractivity contribution in [3.63, 3.8) is 0 Å². The van der Waals surface area contributed by atoms with Crippen LogP contribution in [0, 0.1) is 11.3 Å². The molecule has 0 aliphatic carbocycles. The number of nitriles is 1. The lowest BCUT2D eigenvalue weighted by Gasteiger charge is -1.99. The maximum Gasteiger partial charge on any atom is 0.252 e. The van der Waals surface area contributed by atoms with Crippen LogP contribution < -0.4 is 10.2 Å². The van der Waals surface area contributed by atoms with E-state index in [9.17, 15) is 0 Å². The highest BCUT2D eigenvalue weighted by Crippen LogP contribution is 2.20. The standard InChI is InChI=1S/C15H14N4O2/c1-10(2)14-18-13(8-16)15(21-14)19-17-9-11-5-4-6-12(7-11)20-3/h4-7,9,19H,1H2,2-3H3/b17-9+. The van der Waals surface area contributed by atoms with Gasteiger partial charge in [0.05, 0.1) is 13.3 Å². The molecule has 6 nitrogen and oxygen atoms in total. The van der Waals surface area contributed by atoms with Gasteiger partial charge in [0.2, 0.25) is 11.6 Å². The lowest BCUT2D eigenvalue weighted by molar-refractivity contribution is 0.415. The van der Waals surface area contributed by atoms with Gasteiger partial charge in [-0.2, -0.15) is 15.3 Å². The molecule has 0 amide bonds. The number of allylic oxidation sites excluding steroid dienone is 1. The number of hydrazone groups is 1. The Balaban J connectivity index is 2.13. The Bertz CT molecular complexity index is 726. The minimum Gasteiger partial charge on any atom is -0.497 e. The lowest BCUT2D eigenvalue weighted by Crippen LogP contribution is -1.92. The molecular formula is C15H14N4O2. The molecule has 1 heterocycles. The average Bonchev–Trinajstić information content (AvgIpc) is 2.91. The number of rotatable bonds is 5. The van der Waals surface area contributed by atoms with Crippen molar-refractivity contribution < 1.29 is 9.15 Å². The SMILES string of the molecule is C=C(C)c1nc(C#N)c(N/N=C/c2cccc(OC)c2)o1. The first kappa shape index (κ1) is 14.3. The molecule has 1 N–H and O–H groups in total. The summed E-state index contributed by atoms with van der Waals surface area (Å²) < 4.78 is 10.5. The van der Waals surface area contributed by atoms with Gasteiger partial charge in [-0.1, -0.05) is 18.7 Å². The molecule has 2 rings (SSSR count). The number of anilines is 1. The quantitative estimate of drug-likeness (QED) is 0.673. The van der Waals surface area contributed by atoms with E-state index in [1.54, 1.807) is 20.2 Å². The first-order valence-corrected chi connectivity index (χ1v) is 6.14. The number of ether oxygens (including phenoxy) is 1. The predicted octanol–water partition coefficient (Wildman–Crippen LogP) is 3.03. The first-order valence-electron chi connectivity index (χ1n) is 6.14. The zero-order chi connectivity index (χ0) is 15.2.